The molecule has 7 heteroatoms. The third kappa shape index (κ3) is 7.67. The summed E-state index contributed by atoms with van der Waals surface area (Å²) in [4.78, 5) is 0. The molecule has 1 atom stereocenters. The van der Waals surface area contributed by atoms with Gasteiger partial charge in [-0.2, -0.15) is 13.2 Å². The van der Waals surface area contributed by atoms with Crippen LogP contribution in [0.5, 0.6) is 0 Å². The van der Waals surface area contributed by atoms with Crippen molar-refractivity contribution in [3.05, 3.63) is 0 Å². The van der Waals surface area contributed by atoms with Crippen molar-refractivity contribution in [2.75, 3.05) is 26.2 Å². The normalized spacial score (nSPS) is 21.2. The van der Waals surface area contributed by atoms with Gasteiger partial charge in [-0.1, -0.05) is 0 Å². The van der Waals surface area contributed by atoms with E-state index in [4.69, 9.17) is 0 Å². The van der Waals surface area contributed by atoms with Gasteiger partial charge in [-0.25, -0.2) is 0 Å². The van der Waals surface area contributed by atoms with E-state index in [0.717, 1.165) is 19.5 Å². The molecule has 0 saturated carbocycles. The van der Waals surface area contributed by atoms with Crippen LogP contribution in [-0.2, 0) is 0 Å². The second kappa shape index (κ2) is 7.56. The molecule has 88 valence electrons. The van der Waals surface area contributed by atoms with E-state index in [1.807, 2.05) is 0 Å². The summed E-state index contributed by atoms with van der Waals surface area (Å²) in [5.74, 6) is 0.368. The average molecular weight is 255 g/mol. The van der Waals surface area contributed by atoms with Crippen LogP contribution in [0.3, 0.4) is 0 Å². The number of alkyl halides is 3. The zero-order valence-electron chi connectivity index (χ0n) is 7.56. The van der Waals surface area contributed by atoms with Crippen LogP contribution in [-0.4, -0.2) is 32.4 Å². The quantitative estimate of drug-likeness (QED) is 0.800. The van der Waals surface area contributed by atoms with Gasteiger partial charge in [-0.15, -0.1) is 24.8 Å². The molecule has 0 aromatic rings. The Hall–Kier alpha value is 0.290. The Bertz CT molecular complexity index is 137. The molecule has 1 rings (SSSR count). The lowest BCUT2D eigenvalue weighted by Crippen LogP contribution is -2.33. The first kappa shape index (κ1) is 16.7. The number of halogens is 5. The summed E-state index contributed by atoms with van der Waals surface area (Å²) >= 11 is 0. The van der Waals surface area contributed by atoms with E-state index in [9.17, 15) is 13.2 Å². The third-order valence-electron chi connectivity index (χ3n) is 1.92. The molecule has 0 amide bonds. The van der Waals surface area contributed by atoms with E-state index < -0.39 is 12.7 Å². The van der Waals surface area contributed by atoms with Crippen LogP contribution in [0.1, 0.15) is 6.42 Å². The minimum absolute atomic E-state index is 0. The summed E-state index contributed by atoms with van der Waals surface area (Å²) in [5.41, 5.74) is 0. The number of hydrogen-bond donors (Lipinski definition) is 2. The Labute approximate surface area is 93.8 Å². The molecule has 1 unspecified atom stereocenters. The molecule has 0 aromatic carbocycles. The largest absolute Gasteiger partial charge is 0.401 e. The lowest BCUT2D eigenvalue weighted by molar-refractivity contribution is -0.125. The Balaban J connectivity index is 0. The molecular formula is C7H15Cl2F3N2. The van der Waals surface area contributed by atoms with Gasteiger partial charge < -0.3 is 10.6 Å². The fourth-order valence-corrected chi connectivity index (χ4v) is 1.31. The predicted molar refractivity (Wildman–Crippen MR) is 54.4 cm³/mol. The first-order chi connectivity index (χ1) is 5.58. The van der Waals surface area contributed by atoms with E-state index in [0.29, 0.717) is 12.5 Å². The Kier molecular flexibility index (Phi) is 9.03. The summed E-state index contributed by atoms with van der Waals surface area (Å²) in [6, 6.07) is 0. The topological polar surface area (TPSA) is 24.1 Å². The van der Waals surface area contributed by atoms with Crippen LogP contribution in [0.4, 0.5) is 13.2 Å². The molecular weight excluding hydrogens is 240 g/mol. The van der Waals surface area contributed by atoms with Crippen LogP contribution in [0.2, 0.25) is 0 Å². The first-order valence-corrected chi connectivity index (χ1v) is 4.06. The number of rotatable bonds is 3. The zero-order valence-corrected chi connectivity index (χ0v) is 9.20. The second-order valence-electron chi connectivity index (χ2n) is 3.10. The fraction of sp³-hybridized carbons (Fsp3) is 1.00. The van der Waals surface area contributed by atoms with Crippen LogP contribution in [0, 0.1) is 5.92 Å². The highest BCUT2D eigenvalue weighted by Gasteiger charge is 2.26. The maximum Gasteiger partial charge on any atom is 0.401 e. The third-order valence-corrected chi connectivity index (χ3v) is 1.92. The summed E-state index contributed by atoms with van der Waals surface area (Å²) in [7, 11) is 0. The van der Waals surface area contributed by atoms with E-state index in [1.54, 1.807) is 0 Å². The molecule has 2 nitrogen and oxygen atoms in total. The molecule has 1 aliphatic heterocycles. The van der Waals surface area contributed by atoms with Crippen molar-refractivity contribution < 1.29 is 13.2 Å². The van der Waals surface area contributed by atoms with Gasteiger partial charge in [0.1, 0.15) is 0 Å². The molecule has 0 radical (unpaired) electrons. The zero-order chi connectivity index (χ0) is 9.03. The molecule has 0 spiro atoms. The molecule has 1 aliphatic rings. The highest BCUT2D eigenvalue weighted by molar-refractivity contribution is 5.85. The van der Waals surface area contributed by atoms with Crippen LogP contribution in [0.15, 0.2) is 0 Å². The molecule has 0 bridgehead atoms. The smallest absolute Gasteiger partial charge is 0.316 e. The first-order valence-electron chi connectivity index (χ1n) is 4.06. The lowest BCUT2D eigenvalue weighted by atomic mass is 10.1. The van der Waals surface area contributed by atoms with Gasteiger partial charge in [-0.3, -0.25) is 0 Å². The molecule has 14 heavy (non-hydrogen) atoms. The Morgan fingerprint density at radius 1 is 1.29 bits per heavy atom. The minimum Gasteiger partial charge on any atom is -0.316 e. The van der Waals surface area contributed by atoms with Gasteiger partial charge in [-0.05, 0) is 32.0 Å². The number of hydrogen-bond acceptors (Lipinski definition) is 2. The van der Waals surface area contributed by atoms with E-state index >= 15 is 0 Å². The highest BCUT2D eigenvalue weighted by Crippen LogP contribution is 2.13. The lowest BCUT2D eigenvalue weighted by Gasteiger charge is -2.11. The van der Waals surface area contributed by atoms with Crippen LogP contribution in [0.25, 0.3) is 0 Å². The van der Waals surface area contributed by atoms with Crippen molar-refractivity contribution in [2.45, 2.75) is 12.6 Å². The van der Waals surface area contributed by atoms with Crippen molar-refractivity contribution in [3.63, 3.8) is 0 Å². The van der Waals surface area contributed by atoms with Crippen molar-refractivity contribution in [1.82, 2.24) is 10.6 Å². The monoisotopic (exact) mass is 254 g/mol. The van der Waals surface area contributed by atoms with Crippen LogP contribution < -0.4 is 10.6 Å². The van der Waals surface area contributed by atoms with Gasteiger partial charge in [0.25, 0.3) is 0 Å². The molecule has 0 aromatic heterocycles. The van der Waals surface area contributed by atoms with E-state index in [2.05, 4.69) is 10.6 Å². The Morgan fingerprint density at radius 2 is 1.93 bits per heavy atom. The van der Waals surface area contributed by atoms with Crippen molar-refractivity contribution in [2.24, 2.45) is 5.92 Å². The summed E-state index contributed by atoms with van der Waals surface area (Å²) in [6.45, 7) is 1.36. The van der Waals surface area contributed by atoms with Crippen molar-refractivity contribution >= 4 is 24.8 Å². The summed E-state index contributed by atoms with van der Waals surface area (Å²) in [6.07, 6.45) is -3.10. The maximum absolute atomic E-state index is 11.7. The van der Waals surface area contributed by atoms with Crippen molar-refractivity contribution in [1.29, 1.82) is 0 Å². The van der Waals surface area contributed by atoms with Gasteiger partial charge in [0.15, 0.2) is 0 Å². The van der Waals surface area contributed by atoms with E-state index in [-0.39, 0.29) is 24.8 Å². The van der Waals surface area contributed by atoms with Gasteiger partial charge >= 0.3 is 6.18 Å². The Morgan fingerprint density at radius 3 is 2.36 bits per heavy atom. The highest BCUT2D eigenvalue weighted by atomic mass is 35.5. The molecule has 0 aliphatic carbocycles. The minimum atomic E-state index is -4.08. The van der Waals surface area contributed by atoms with Crippen LogP contribution >= 0.6 is 24.8 Å². The second-order valence-corrected chi connectivity index (χ2v) is 3.10. The molecule has 1 heterocycles. The SMILES string of the molecule is Cl.Cl.FC(F)(F)CNCC1CCNC1. The summed E-state index contributed by atoms with van der Waals surface area (Å²) < 4.78 is 35.0. The standard InChI is InChI=1S/C7H13F3N2.2ClH/c8-7(9,10)5-12-4-6-1-2-11-3-6;;/h6,11-12H,1-5H2;2*1H. The van der Waals surface area contributed by atoms with E-state index in [1.165, 1.54) is 0 Å². The average Bonchev–Trinajstić information content (AvgIpc) is 2.36. The van der Waals surface area contributed by atoms with Gasteiger partial charge in [0.05, 0.1) is 6.54 Å². The molecule has 2 N–H and O–H groups in total. The summed E-state index contributed by atoms with van der Waals surface area (Å²) in [5, 5.41) is 5.50. The van der Waals surface area contributed by atoms with Gasteiger partial charge in [0.2, 0.25) is 0 Å². The number of nitrogens with one attached hydrogen (secondary N) is 2. The fourth-order valence-electron chi connectivity index (χ4n) is 1.31. The molecule has 1 saturated heterocycles. The van der Waals surface area contributed by atoms with Crippen molar-refractivity contribution in [3.8, 4) is 0 Å². The predicted octanol–water partition coefficient (Wildman–Crippen LogP) is 1.59. The molecule has 1 fully saturated rings. The maximum atomic E-state index is 11.7. The van der Waals surface area contributed by atoms with Gasteiger partial charge in [0, 0.05) is 0 Å².